The zero-order chi connectivity index (χ0) is 27.5. The number of carbonyl (C=O) groups is 5. The Morgan fingerprint density at radius 3 is 2.11 bits per heavy atom. The first-order chi connectivity index (χ1) is 17.0. The Bertz CT molecular complexity index is 1110. The minimum atomic E-state index is -1.43. The fourth-order valence-electron chi connectivity index (χ4n) is 9.38. The predicted octanol–water partition coefficient (Wildman–Crippen LogP) is 2.45. The number of cyclic esters (lactones) is 1. The van der Waals surface area contributed by atoms with Crippen molar-refractivity contribution in [1.82, 2.24) is 0 Å². The lowest BCUT2D eigenvalue weighted by Gasteiger charge is -2.69. The van der Waals surface area contributed by atoms with Crippen molar-refractivity contribution in [2.24, 2.45) is 33.5 Å². The standard InChI is InChI=1S/C27H36O10/c1-12(28)34-17-11-18(35-13(2)29)25(6)14-8-9-24(5)19(21(31)32)36-22(33)20-27(24,37-20)26(14,7)16(30)10-15(25)23(17,3)4/h14-15,17-20H,8-11H2,1-7H3,(H,31,32)/t14-,15-,17-,18-,19+,20+,24+,25-,26+,27+/m1/s1. The maximum atomic E-state index is 14.3. The second-order valence-corrected chi connectivity index (χ2v) is 12.9. The molecule has 0 aromatic heterocycles. The van der Waals surface area contributed by atoms with Crippen LogP contribution in [-0.4, -0.2) is 64.8 Å². The Morgan fingerprint density at radius 1 is 0.946 bits per heavy atom. The summed E-state index contributed by atoms with van der Waals surface area (Å²) >= 11 is 0. The van der Waals surface area contributed by atoms with Crippen LogP contribution in [0.3, 0.4) is 0 Å². The molecule has 0 amide bonds. The SMILES string of the molecule is CC(=O)O[C@@H]1C[C@@H](OC(C)=O)[C@@]2(C)[C@H](CC(=O)[C@]3(C)[C@@H]2CC[C@@]2(C)[C@H](C(=O)O)OC(=O)[C@@H]4O[C@@]423)C1(C)C. The highest BCUT2D eigenvalue weighted by molar-refractivity contribution is 5.95. The first kappa shape index (κ1) is 26.1. The highest BCUT2D eigenvalue weighted by atomic mass is 16.7. The lowest BCUT2D eigenvalue weighted by molar-refractivity contribution is -0.259. The van der Waals surface area contributed by atoms with Gasteiger partial charge in [0, 0.05) is 42.9 Å². The van der Waals surface area contributed by atoms with E-state index in [1.165, 1.54) is 13.8 Å². The van der Waals surface area contributed by atoms with Gasteiger partial charge in [-0.15, -0.1) is 0 Å². The second-order valence-electron chi connectivity index (χ2n) is 12.9. The molecule has 0 radical (unpaired) electrons. The second kappa shape index (κ2) is 7.55. The van der Waals surface area contributed by atoms with Gasteiger partial charge in [-0.2, -0.15) is 0 Å². The van der Waals surface area contributed by atoms with Crippen LogP contribution in [0.15, 0.2) is 0 Å². The lowest BCUT2D eigenvalue weighted by Crippen LogP contribution is -2.75. The monoisotopic (exact) mass is 520 g/mol. The number of hydrogen-bond acceptors (Lipinski definition) is 9. The molecule has 5 aliphatic rings. The van der Waals surface area contributed by atoms with Crippen LogP contribution in [0.4, 0.5) is 0 Å². The van der Waals surface area contributed by atoms with Crippen LogP contribution in [-0.2, 0) is 42.9 Å². The van der Waals surface area contributed by atoms with Crippen molar-refractivity contribution >= 4 is 29.7 Å². The van der Waals surface area contributed by atoms with E-state index in [0.29, 0.717) is 12.8 Å². The van der Waals surface area contributed by atoms with Gasteiger partial charge in [-0.1, -0.05) is 27.7 Å². The van der Waals surface area contributed by atoms with Gasteiger partial charge in [0.25, 0.3) is 0 Å². The number of hydrogen-bond donors (Lipinski definition) is 1. The van der Waals surface area contributed by atoms with Crippen molar-refractivity contribution in [3.8, 4) is 0 Å². The van der Waals surface area contributed by atoms with Crippen LogP contribution in [0, 0.1) is 33.5 Å². The molecule has 2 heterocycles. The third-order valence-electron chi connectivity index (χ3n) is 11.1. The first-order valence-electron chi connectivity index (χ1n) is 13.0. The molecular weight excluding hydrogens is 484 g/mol. The van der Waals surface area contributed by atoms with E-state index in [4.69, 9.17) is 18.9 Å². The molecule has 0 aromatic carbocycles. The Labute approximate surface area is 215 Å². The third kappa shape index (κ3) is 2.93. The molecule has 3 saturated carbocycles. The number of epoxide rings is 1. The topological polar surface area (TPSA) is 146 Å². The van der Waals surface area contributed by atoms with Crippen molar-refractivity contribution in [2.75, 3.05) is 0 Å². The highest BCUT2D eigenvalue weighted by Gasteiger charge is 2.89. The molecule has 2 aliphatic heterocycles. The largest absolute Gasteiger partial charge is 0.478 e. The van der Waals surface area contributed by atoms with Gasteiger partial charge in [-0.25, -0.2) is 9.59 Å². The molecule has 0 bridgehead atoms. The van der Waals surface area contributed by atoms with Crippen LogP contribution < -0.4 is 0 Å². The average Bonchev–Trinajstić information content (AvgIpc) is 3.54. The van der Waals surface area contributed by atoms with Crippen LogP contribution >= 0.6 is 0 Å². The number of fused-ring (bicyclic) bond motifs is 3. The molecule has 1 spiro atoms. The molecule has 10 nitrogen and oxygen atoms in total. The number of aliphatic carboxylic acids is 1. The van der Waals surface area contributed by atoms with Gasteiger partial charge in [0.15, 0.2) is 6.10 Å². The number of ether oxygens (including phenoxy) is 4. The first-order valence-corrected chi connectivity index (χ1v) is 13.0. The molecule has 37 heavy (non-hydrogen) atoms. The van der Waals surface area contributed by atoms with Crippen molar-refractivity contribution in [2.45, 2.75) is 104 Å². The quantitative estimate of drug-likeness (QED) is 0.334. The molecule has 0 aromatic rings. The summed E-state index contributed by atoms with van der Waals surface area (Å²) < 4.78 is 23.1. The Balaban J connectivity index is 1.67. The number of esters is 3. The van der Waals surface area contributed by atoms with Gasteiger partial charge >= 0.3 is 23.9 Å². The number of ketones is 1. The Kier molecular flexibility index (Phi) is 5.33. The van der Waals surface area contributed by atoms with Crippen molar-refractivity contribution < 1.29 is 48.0 Å². The van der Waals surface area contributed by atoms with Gasteiger partial charge in [-0.3, -0.25) is 14.4 Å². The van der Waals surface area contributed by atoms with E-state index in [0.717, 1.165) is 0 Å². The summed E-state index contributed by atoms with van der Waals surface area (Å²) in [5.41, 5.74) is -5.01. The van der Waals surface area contributed by atoms with E-state index < -0.39 is 75.6 Å². The van der Waals surface area contributed by atoms with Crippen molar-refractivity contribution in [3.05, 3.63) is 0 Å². The normalized spacial score (nSPS) is 49.3. The van der Waals surface area contributed by atoms with E-state index in [9.17, 15) is 29.1 Å². The van der Waals surface area contributed by atoms with Gasteiger partial charge in [0.1, 0.15) is 23.6 Å². The van der Waals surface area contributed by atoms with Crippen LogP contribution in [0.25, 0.3) is 0 Å². The molecule has 204 valence electrons. The average molecular weight is 521 g/mol. The van der Waals surface area contributed by atoms with E-state index in [-0.39, 0.29) is 30.5 Å². The Morgan fingerprint density at radius 2 is 1.54 bits per heavy atom. The zero-order valence-electron chi connectivity index (χ0n) is 22.4. The molecule has 1 N–H and O–H groups in total. The van der Waals surface area contributed by atoms with E-state index in [1.54, 1.807) is 13.8 Å². The number of carboxylic acid groups (broad SMARTS) is 1. The number of carbonyl (C=O) groups excluding carboxylic acids is 4. The van der Waals surface area contributed by atoms with Gasteiger partial charge in [-0.05, 0) is 31.6 Å². The highest BCUT2D eigenvalue weighted by Crippen LogP contribution is 2.78. The summed E-state index contributed by atoms with van der Waals surface area (Å²) in [5, 5.41) is 9.97. The summed E-state index contributed by atoms with van der Waals surface area (Å²) in [7, 11) is 0. The molecule has 2 saturated heterocycles. The molecule has 5 fully saturated rings. The van der Waals surface area contributed by atoms with E-state index in [1.807, 2.05) is 20.8 Å². The number of Topliss-reactive ketones (excluding diaryl/α,β-unsaturated/α-hetero) is 1. The summed E-state index contributed by atoms with van der Waals surface area (Å²) in [6, 6.07) is 0. The zero-order valence-corrected chi connectivity index (χ0v) is 22.4. The van der Waals surface area contributed by atoms with Crippen LogP contribution in [0.1, 0.15) is 74.1 Å². The summed E-state index contributed by atoms with van der Waals surface area (Å²) in [6.07, 6.45) is -2.52. The van der Waals surface area contributed by atoms with Gasteiger partial charge in [0.05, 0.1) is 5.41 Å². The molecule has 10 atom stereocenters. The molecule has 10 heteroatoms. The van der Waals surface area contributed by atoms with Crippen LogP contribution in [0.5, 0.6) is 0 Å². The summed E-state index contributed by atoms with van der Waals surface area (Å²) in [6.45, 7) is 12.2. The molecule has 5 rings (SSSR count). The molecule has 0 unspecified atom stereocenters. The molecule has 3 aliphatic carbocycles. The fourth-order valence-corrected chi connectivity index (χ4v) is 9.38. The van der Waals surface area contributed by atoms with Crippen molar-refractivity contribution in [3.63, 3.8) is 0 Å². The van der Waals surface area contributed by atoms with Crippen molar-refractivity contribution in [1.29, 1.82) is 0 Å². The molecular formula is C27H36O10. The third-order valence-corrected chi connectivity index (χ3v) is 11.1. The predicted molar refractivity (Wildman–Crippen MR) is 125 cm³/mol. The van der Waals surface area contributed by atoms with Crippen LogP contribution in [0.2, 0.25) is 0 Å². The summed E-state index contributed by atoms with van der Waals surface area (Å²) in [5.74, 6) is -3.76. The lowest BCUT2D eigenvalue weighted by atomic mass is 9.34. The minimum absolute atomic E-state index is 0.0900. The maximum absolute atomic E-state index is 14.3. The summed E-state index contributed by atoms with van der Waals surface area (Å²) in [4.78, 5) is 63.6. The van der Waals surface area contributed by atoms with E-state index in [2.05, 4.69) is 0 Å². The van der Waals surface area contributed by atoms with Gasteiger partial charge in [0.2, 0.25) is 6.10 Å². The van der Waals surface area contributed by atoms with E-state index >= 15 is 0 Å². The smallest absolute Gasteiger partial charge is 0.345 e. The Hall–Kier alpha value is -2.49. The van der Waals surface area contributed by atoms with Gasteiger partial charge < -0.3 is 24.1 Å². The minimum Gasteiger partial charge on any atom is -0.478 e. The number of rotatable bonds is 3. The maximum Gasteiger partial charge on any atom is 0.345 e. The number of carboxylic acids is 1. The fraction of sp³-hybridized carbons (Fsp3) is 0.815.